The maximum atomic E-state index is 12.6. The van der Waals surface area contributed by atoms with Gasteiger partial charge in [0, 0.05) is 26.1 Å². The van der Waals surface area contributed by atoms with Gasteiger partial charge < -0.3 is 9.80 Å². The third-order valence-corrected chi connectivity index (χ3v) is 5.24. The van der Waals surface area contributed by atoms with Crippen LogP contribution in [0.1, 0.15) is 25.3 Å². The topological polar surface area (TPSA) is 53.5 Å². The Morgan fingerprint density at radius 2 is 2.17 bits per heavy atom. The lowest BCUT2D eigenvalue weighted by molar-refractivity contribution is -0.135. The number of benzene rings is 1. The van der Waals surface area contributed by atoms with Gasteiger partial charge in [0.1, 0.15) is 5.01 Å². The number of hydrogen-bond donors (Lipinski definition) is 0. The summed E-state index contributed by atoms with van der Waals surface area (Å²) in [6, 6.07) is 8.12. The fraction of sp³-hybridized carbons (Fsp3) is 0.471. The predicted molar refractivity (Wildman–Crippen MR) is 91.1 cm³/mol. The Labute approximate surface area is 139 Å². The van der Waals surface area contributed by atoms with Crippen LogP contribution < -0.4 is 0 Å². The third-order valence-electron chi connectivity index (χ3n) is 4.22. The maximum absolute atomic E-state index is 12.6. The summed E-state index contributed by atoms with van der Waals surface area (Å²) in [5.74, 6) is -0.128. The Hall–Kier alpha value is -1.95. The van der Waals surface area contributed by atoms with Crippen molar-refractivity contribution in [2.24, 2.45) is 5.92 Å². The molecular weight excluding hydrogens is 310 g/mol. The van der Waals surface area contributed by atoms with Crippen molar-refractivity contribution in [3.05, 3.63) is 29.3 Å². The van der Waals surface area contributed by atoms with Crippen LogP contribution in [0.5, 0.6) is 0 Å². The molecule has 23 heavy (non-hydrogen) atoms. The number of likely N-dealkylation sites (tertiary alicyclic amines) is 1. The SMILES string of the molecule is CC(C)N1C[C@@H](C(=O)N(C)Cc2nc3ccccc3s2)CC1=O. The van der Waals surface area contributed by atoms with Crippen molar-refractivity contribution in [1.29, 1.82) is 0 Å². The van der Waals surface area contributed by atoms with Gasteiger partial charge in [0.2, 0.25) is 11.8 Å². The van der Waals surface area contributed by atoms with Crippen molar-refractivity contribution in [1.82, 2.24) is 14.8 Å². The van der Waals surface area contributed by atoms with E-state index in [0.717, 1.165) is 15.2 Å². The monoisotopic (exact) mass is 331 g/mol. The molecule has 1 atom stereocenters. The van der Waals surface area contributed by atoms with Crippen molar-refractivity contribution in [3.63, 3.8) is 0 Å². The van der Waals surface area contributed by atoms with Gasteiger partial charge in [-0.2, -0.15) is 0 Å². The molecule has 0 bridgehead atoms. The van der Waals surface area contributed by atoms with Gasteiger partial charge in [0.15, 0.2) is 0 Å². The van der Waals surface area contributed by atoms with E-state index in [0.29, 0.717) is 19.5 Å². The van der Waals surface area contributed by atoms with Crippen molar-refractivity contribution in [3.8, 4) is 0 Å². The second kappa shape index (κ2) is 6.28. The summed E-state index contributed by atoms with van der Waals surface area (Å²) in [4.78, 5) is 32.6. The lowest BCUT2D eigenvalue weighted by atomic mass is 10.1. The van der Waals surface area contributed by atoms with Crippen LogP contribution in [-0.2, 0) is 16.1 Å². The molecule has 5 nitrogen and oxygen atoms in total. The molecule has 0 unspecified atom stereocenters. The van der Waals surface area contributed by atoms with E-state index in [1.807, 2.05) is 38.1 Å². The molecule has 122 valence electrons. The fourth-order valence-corrected chi connectivity index (χ4v) is 4.00. The number of rotatable bonds is 4. The quantitative estimate of drug-likeness (QED) is 0.865. The molecule has 0 spiro atoms. The molecule has 6 heteroatoms. The van der Waals surface area contributed by atoms with E-state index in [4.69, 9.17) is 0 Å². The van der Waals surface area contributed by atoms with Gasteiger partial charge in [-0.15, -0.1) is 11.3 Å². The Morgan fingerprint density at radius 3 is 2.83 bits per heavy atom. The predicted octanol–water partition coefficient (Wildman–Crippen LogP) is 2.51. The molecule has 3 rings (SSSR count). The average Bonchev–Trinajstić information content (AvgIpc) is 3.09. The first-order valence-electron chi connectivity index (χ1n) is 7.84. The minimum absolute atomic E-state index is 0.0285. The van der Waals surface area contributed by atoms with Crippen LogP contribution in [0.3, 0.4) is 0 Å². The lowest BCUT2D eigenvalue weighted by Gasteiger charge is -2.22. The number of aromatic nitrogens is 1. The van der Waals surface area contributed by atoms with Crippen LogP contribution in [0.15, 0.2) is 24.3 Å². The van der Waals surface area contributed by atoms with Crippen LogP contribution in [0, 0.1) is 5.92 Å². The molecule has 0 radical (unpaired) electrons. The number of amides is 2. The van der Waals surface area contributed by atoms with Crippen LogP contribution in [0.4, 0.5) is 0 Å². The summed E-state index contributed by atoms with van der Waals surface area (Å²) < 4.78 is 1.13. The standard InChI is InChI=1S/C17H21N3O2S/c1-11(2)20-9-12(8-16(20)21)17(22)19(3)10-15-18-13-6-4-5-7-14(13)23-15/h4-7,11-12H,8-10H2,1-3H3/t12-/m0/s1. The Morgan fingerprint density at radius 1 is 1.43 bits per heavy atom. The molecule has 1 saturated heterocycles. The van der Waals surface area contributed by atoms with Crippen molar-refractivity contribution in [2.45, 2.75) is 32.9 Å². The van der Waals surface area contributed by atoms with Crippen LogP contribution in [0.2, 0.25) is 0 Å². The highest BCUT2D eigenvalue weighted by molar-refractivity contribution is 7.18. The van der Waals surface area contributed by atoms with E-state index in [9.17, 15) is 9.59 Å². The number of thiazole rings is 1. The molecule has 1 aromatic carbocycles. The van der Waals surface area contributed by atoms with Crippen LogP contribution in [-0.4, -0.2) is 46.2 Å². The second-order valence-corrected chi connectivity index (χ2v) is 7.43. The number of nitrogens with zero attached hydrogens (tertiary/aromatic N) is 3. The number of hydrogen-bond acceptors (Lipinski definition) is 4. The highest BCUT2D eigenvalue weighted by Crippen LogP contribution is 2.25. The Kier molecular flexibility index (Phi) is 4.35. The average molecular weight is 331 g/mol. The number of para-hydroxylation sites is 1. The summed E-state index contributed by atoms with van der Waals surface area (Å²) in [6.45, 7) is 4.98. The first-order chi connectivity index (χ1) is 11.0. The summed E-state index contributed by atoms with van der Waals surface area (Å²) >= 11 is 1.61. The number of fused-ring (bicyclic) bond motifs is 1. The minimum Gasteiger partial charge on any atom is -0.339 e. The smallest absolute Gasteiger partial charge is 0.228 e. The van der Waals surface area contributed by atoms with Gasteiger partial charge in [0.05, 0.1) is 22.7 Å². The molecule has 0 aliphatic carbocycles. The molecule has 0 N–H and O–H groups in total. The zero-order valence-corrected chi connectivity index (χ0v) is 14.5. The minimum atomic E-state index is -0.232. The van der Waals surface area contributed by atoms with Crippen molar-refractivity contribution in [2.75, 3.05) is 13.6 Å². The first kappa shape index (κ1) is 15.9. The van der Waals surface area contributed by atoms with E-state index in [1.54, 1.807) is 28.2 Å². The summed E-state index contributed by atoms with van der Waals surface area (Å²) in [6.07, 6.45) is 0.321. The normalized spacial score (nSPS) is 18.2. The highest BCUT2D eigenvalue weighted by atomic mass is 32.1. The number of carbonyl (C=O) groups excluding carboxylic acids is 2. The Bertz CT molecular complexity index is 707. The molecule has 1 aliphatic heterocycles. The van der Waals surface area contributed by atoms with E-state index >= 15 is 0 Å². The fourth-order valence-electron chi connectivity index (χ4n) is 2.98. The van der Waals surface area contributed by atoms with Crippen molar-refractivity contribution >= 4 is 33.4 Å². The largest absolute Gasteiger partial charge is 0.339 e. The lowest BCUT2D eigenvalue weighted by Crippen LogP contribution is -2.36. The highest BCUT2D eigenvalue weighted by Gasteiger charge is 2.36. The molecular formula is C17H21N3O2S. The molecule has 0 saturated carbocycles. The Balaban J connectivity index is 1.67. The van der Waals surface area contributed by atoms with E-state index in [1.165, 1.54) is 0 Å². The van der Waals surface area contributed by atoms with Gasteiger partial charge in [-0.05, 0) is 26.0 Å². The van der Waals surface area contributed by atoms with Gasteiger partial charge in [0.25, 0.3) is 0 Å². The van der Waals surface area contributed by atoms with Crippen LogP contribution >= 0.6 is 11.3 Å². The summed E-state index contributed by atoms with van der Waals surface area (Å²) in [5, 5.41) is 0.923. The molecule has 2 amide bonds. The third kappa shape index (κ3) is 3.22. The molecule has 1 fully saturated rings. The van der Waals surface area contributed by atoms with Gasteiger partial charge in [-0.3, -0.25) is 9.59 Å². The molecule has 2 heterocycles. The second-order valence-electron chi connectivity index (χ2n) is 6.31. The zero-order valence-electron chi connectivity index (χ0n) is 13.7. The first-order valence-corrected chi connectivity index (χ1v) is 8.66. The van der Waals surface area contributed by atoms with E-state index < -0.39 is 0 Å². The van der Waals surface area contributed by atoms with E-state index in [2.05, 4.69) is 4.98 Å². The van der Waals surface area contributed by atoms with Gasteiger partial charge in [-0.1, -0.05) is 12.1 Å². The number of carbonyl (C=O) groups is 2. The van der Waals surface area contributed by atoms with Gasteiger partial charge in [-0.25, -0.2) is 4.98 Å². The zero-order chi connectivity index (χ0) is 16.6. The van der Waals surface area contributed by atoms with E-state index in [-0.39, 0.29) is 23.8 Å². The molecule has 1 aliphatic rings. The van der Waals surface area contributed by atoms with Crippen molar-refractivity contribution < 1.29 is 9.59 Å². The summed E-state index contributed by atoms with van der Waals surface area (Å²) in [7, 11) is 1.79. The summed E-state index contributed by atoms with van der Waals surface area (Å²) in [5.41, 5.74) is 0.968. The van der Waals surface area contributed by atoms with Crippen LogP contribution in [0.25, 0.3) is 10.2 Å². The maximum Gasteiger partial charge on any atom is 0.228 e. The van der Waals surface area contributed by atoms with Gasteiger partial charge >= 0.3 is 0 Å². The molecule has 2 aromatic rings. The molecule has 1 aromatic heterocycles.